The molecule has 0 fully saturated rings. The van der Waals surface area contributed by atoms with E-state index >= 15 is 0 Å². The van der Waals surface area contributed by atoms with Gasteiger partial charge in [0.15, 0.2) is 0 Å². The minimum absolute atomic E-state index is 0.831. The molecule has 0 saturated heterocycles. The van der Waals surface area contributed by atoms with Crippen molar-refractivity contribution in [3.8, 4) is 20.9 Å². The molecule has 0 nitrogen and oxygen atoms in total. The molecule has 0 amide bonds. The van der Waals surface area contributed by atoms with Gasteiger partial charge in [0, 0.05) is 14.8 Å². The van der Waals surface area contributed by atoms with Crippen LogP contribution < -0.4 is 0 Å². The summed E-state index contributed by atoms with van der Waals surface area (Å²) in [4.78, 5) is 2.76. The molecular weight excluding hydrogens is 272 g/mol. The first-order valence-corrected chi connectivity index (χ1v) is 7.47. The van der Waals surface area contributed by atoms with E-state index in [1.165, 1.54) is 32.0 Å². The fourth-order valence-corrected chi connectivity index (χ4v) is 4.11. The van der Waals surface area contributed by atoms with E-state index in [2.05, 4.69) is 48.5 Å². The van der Waals surface area contributed by atoms with Crippen molar-refractivity contribution in [2.24, 2.45) is 0 Å². The zero-order valence-electron chi connectivity index (χ0n) is 10.2. The zero-order valence-corrected chi connectivity index (χ0v) is 11.8. The molecule has 1 aliphatic carbocycles. The van der Waals surface area contributed by atoms with E-state index in [0.717, 1.165) is 11.4 Å². The van der Waals surface area contributed by atoms with Crippen LogP contribution in [0.4, 0.5) is 0 Å². The van der Waals surface area contributed by atoms with E-state index in [0.29, 0.717) is 0 Å². The minimum Gasteiger partial charge on any atom is -0.135 e. The largest absolute Gasteiger partial charge is 0.135 e. The lowest BCUT2D eigenvalue weighted by atomic mass is 10.1. The molecule has 0 aliphatic heterocycles. The molecule has 2 heteroatoms. The van der Waals surface area contributed by atoms with E-state index in [-0.39, 0.29) is 0 Å². The van der Waals surface area contributed by atoms with Crippen LogP contribution in [0.25, 0.3) is 20.9 Å². The minimum atomic E-state index is 0.831. The van der Waals surface area contributed by atoms with Crippen LogP contribution in [0.5, 0.6) is 0 Å². The van der Waals surface area contributed by atoms with Gasteiger partial charge in [0.25, 0.3) is 0 Å². The predicted octanol–water partition coefficient (Wildman–Crippen LogP) is 5.64. The zero-order chi connectivity index (χ0) is 12.8. The summed E-state index contributed by atoms with van der Waals surface area (Å²) in [6.07, 6.45) is 1.01. The average molecular weight is 283 g/mol. The first-order valence-electron chi connectivity index (χ1n) is 6.28. The fourth-order valence-electron chi connectivity index (χ4n) is 2.67. The van der Waals surface area contributed by atoms with Gasteiger partial charge in [-0.3, -0.25) is 0 Å². The molecule has 1 heterocycles. The van der Waals surface area contributed by atoms with Crippen molar-refractivity contribution in [2.45, 2.75) is 6.42 Å². The summed E-state index contributed by atoms with van der Waals surface area (Å²) in [7, 11) is 0. The summed E-state index contributed by atoms with van der Waals surface area (Å²) >= 11 is 7.94. The van der Waals surface area contributed by atoms with Crippen molar-refractivity contribution in [3.05, 3.63) is 70.7 Å². The van der Waals surface area contributed by atoms with Gasteiger partial charge in [-0.05, 0) is 46.9 Å². The third-order valence-electron chi connectivity index (χ3n) is 3.56. The second-order valence-corrected chi connectivity index (χ2v) is 6.30. The molecule has 4 rings (SSSR count). The Bertz CT molecular complexity index is 756. The first kappa shape index (κ1) is 11.3. The molecule has 0 bridgehead atoms. The molecule has 1 aromatic heterocycles. The highest BCUT2D eigenvalue weighted by molar-refractivity contribution is 7.19. The number of hydrogen-bond donors (Lipinski definition) is 0. The molecule has 0 radical (unpaired) electrons. The molecule has 1 aliphatic rings. The highest BCUT2D eigenvalue weighted by atomic mass is 35.5. The quantitative estimate of drug-likeness (QED) is 0.424. The normalized spacial score (nSPS) is 12.3. The van der Waals surface area contributed by atoms with Crippen LogP contribution >= 0.6 is 22.9 Å². The van der Waals surface area contributed by atoms with Gasteiger partial charge in [-0.25, -0.2) is 0 Å². The molecule has 19 heavy (non-hydrogen) atoms. The van der Waals surface area contributed by atoms with E-state index in [1.807, 2.05) is 17.4 Å². The molecule has 0 N–H and O–H groups in total. The van der Waals surface area contributed by atoms with Gasteiger partial charge >= 0.3 is 0 Å². The lowest BCUT2D eigenvalue weighted by molar-refractivity contribution is 1.27. The molecule has 0 atom stereocenters. The molecule has 2 aromatic carbocycles. The van der Waals surface area contributed by atoms with Crippen LogP contribution in [-0.2, 0) is 6.42 Å². The number of hydrogen-bond acceptors (Lipinski definition) is 1. The molecule has 3 aromatic rings. The van der Waals surface area contributed by atoms with Crippen LogP contribution in [0, 0.1) is 0 Å². The summed E-state index contributed by atoms with van der Waals surface area (Å²) in [5, 5.41) is 0.831. The number of benzene rings is 2. The van der Waals surface area contributed by atoms with Crippen LogP contribution in [-0.4, -0.2) is 0 Å². The molecule has 0 spiro atoms. The van der Waals surface area contributed by atoms with Crippen LogP contribution in [0.3, 0.4) is 0 Å². The smallest absolute Gasteiger partial charge is 0.0409 e. The Morgan fingerprint density at radius 1 is 0.895 bits per heavy atom. The Kier molecular flexibility index (Phi) is 2.51. The first-order chi connectivity index (χ1) is 9.31. The summed E-state index contributed by atoms with van der Waals surface area (Å²) in [6, 6.07) is 19.1. The van der Waals surface area contributed by atoms with Crippen molar-refractivity contribution < 1.29 is 0 Å². The van der Waals surface area contributed by atoms with Gasteiger partial charge in [-0.2, -0.15) is 0 Å². The van der Waals surface area contributed by atoms with Crippen molar-refractivity contribution >= 4 is 22.9 Å². The Balaban J connectivity index is 1.84. The Morgan fingerprint density at radius 2 is 1.74 bits per heavy atom. The molecule has 0 unspecified atom stereocenters. The fraction of sp³-hybridized carbons (Fsp3) is 0.0588. The second kappa shape index (κ2) is 4.22. The highest BCUT2D eigenvalue weighted by Gasteiger charge is 2.22. The third-order valence-corrected chi connectivity index (χ3v) is 5.05. The topological polar surface area (TPSA) is 0 Å². The number of rotatable bonds is 1. The van der Waals surface area contributed by atoms with Crippen LogP contribution in [0.1, 0.15) is 11.1 Å². The van der Waals surface area contributed by atoms with Crippen LogP contribution in [0.2, 0.25) is 5.02 Å². The average Bonchev–Trinajstić information content (AvgIpc) is 2.96. The van der Waals surface area contributed by atoms with Gasteiger partial charge in [0.05, 0.1) is 0 Å². The van der Waals surface area contributed by atoms with E-state index < -0.39 is 0 Å². The summed E-state index contributed by atoms with van der Waals surface area (Å²) < 4.78 is 0. The van der Waals surface area contributed by atoms with Crippen molar-refractivity contribution in [1.82, 2.24) is 0 Å². The lowest BCUT2D eigenvalue weighted by Gasteiger charge is -2.00. The van der Waals surface area contributed by atoms with Crippen LogP contribution in [0.15, 0.2) is 54.6 Å². The summed E-state index contributed by atoms with van der Waals surface area (Å²) in [5.74, 6) is 0. The summed E-state index contributed by atoms with van der Waals surface area (Å²) in [6.45, 7) is 0. The maximum absolute atomic E-state index is 6.06. The standard InChI is InChI=1S/C17H11ClS/c18-14-6-7-15-12(9-14)8-13-10-16(19-17(13)15)11-4-2-1-3-5-11/h1-7,9-10H,8H2. The Morgan fingerprint density at radius 3 is 2.58 bits per heavy atom. The van der Waals surface area contributed by atoms with E-state index in [1.54, 1.807) is 0 Å². The lowest BCUT2D eigenvalue weighted by Crippen LogP contribution is -1.80. The van der Waals surface area contributed by atoms with Gasteiger partial charge in [-0.15, -0.1) is 11.3 Å². The maximum atomic E-state index is 6.06. The summed E-state index contributed by atoms with van der Waals surface area (Å²) in [5.41, 5.74) is 5.44. The van der Waals surface area contributed by atoms with Gasteiger partial charge in [0.1, 0.15) is 0 Å². The molecule has 92 valence electrons. The third kappa shape index (κ3) is 1.81. The van der Waals surface area contributed by atoms with Crippen molar-refractivity contribution in [1.29, 1.82) is 0 Å². The second-order valence-electron chi connectivity index (χ2n) is 4.81. The molecular formula is C17H11ClS. The number of thiophene rings is 1. The van der Waals surface area contributed by atoms with Gasteiger partial charge < -0.3 is 0 Å². The SMILES string of the molecule is Clc1ccc2c(c1)Cc1cc(-c3ccccc3)sc1-2. The van der Waals surface area contributed by atoms with Crippen molar-refractivity contribution in [2.75, 3.05) is 0 Å². The van der Waals surface area contributed by atoms with E-state index in [9.17, 15) is 0 Å². The predicted molar refractivity (Wildman–Crippen MR) is 83.0 cm³/mol. The molecule has 0 saturated carbocycles. The number of fused-ring (bicyclic) bond motifs is 3. The van der Waals surface area contributed by atoms with E-state index in [4.69, 9.17) is 11.6 Å². The maximum Gasteiger partial charge on any atom is 0.0409 e. The Hall–Kier alpha value is -1.57. The highest BCUT2D eigenvalue weighted by Crippen LogP contribution is 2.45. The Labute approximate surface area is 121 Å². The monoisotopic (exact) mass is 282 g/mol. The van der Waals surface area contributed by atoms with Gasteiger partial charge in [-0.1, -0.05) is 48.0 Å². The van der Waals surface area contributed by atoms with Gasteiger partial charge in [0.2, 0.25) is 0 Å². The number of halogens is 1. The van der Waals surface area contributed by atoms with Crippen molar-refractivity contribution in [3.63, 3.8) is 0 Å².